The standard InChI is InChI=1S/C18H10ClN5O4S2/c19-10-5-6-11-16(23-30-22-11)15(10)20-18(29)21-17(25)14-8-7-13(28-14)9-3-1-2-4-12(9)24(26)27/h1-8H,(H2,20,21,25,29). The van der Waals surface area contributed by atoms with Crippen molar-refractivity contribution in [3.63, 3.8) is 0 Å². The second kappa shape index (κ2) is 8.14. The summed E-state index contributed by atoms with van der Waals surface area (Å²) >= 11 is 12.4. The molecule has 2 heterocycles. The first-order valence-corrected chi connectivity index (χ1v) is 9.82. The van der Waals surface area contributed by atoms with Crippen LogP contribution >= 0.6 is 35.5 Å². The molecule has 0 aliphatic heterocycles. The minimum absolute atomic E-state index is 0.0222. The van der Waals surface area contributed by atoms with Crippen LogP contribution in [0.3, 0.4) is 0 Å². The van der Waals surface area contributed by atoms with E-state index in [2.05, 4.69) is 19.4 Å². The van der Waals surface area contributed by atoms with E-state index in [1.54, 1.807) is 24.3 Å². The number of anilines is 1. The van der Waals surface area contributed by atoms with Crippen molar-refractivity contribution in [2.24, 2.45) is 0 Å². The number of hydrogen-bond acceptors (Lipinski definition) is 8. The molecular weight excluding hydrogens is 450 g/mol. The minimum Gasteiger partial charge on any atom is -0.451 e. The lowest BCUT2D eigenvalue weighted by molar-refractivity contribution is -0.384. The first kappa shape index (κ1) is 19.9. The SMILES string of the molecule is O=C(NC(=S)Nc1c(Cl)ccc2nsnc12)c1ccc(-c2ccccc2[N+](=O)[O-])o1. The lowest BCUT2D eigenvalue weighted by Crippen LogP contribution is -2.34. The zero-order valence-electron chi connectivity index (χ0n) is 14.8. The summed E-state index contributed by atoms with van der Waals surface area (Å²) in [5.41, 5.74) is 1.72. The van der Waals surface area contributed by atoms with Gasteiger partial charge in [0, 0.05) is 6.07 Å². The van der Waals surface area contributed by atoms with Crippen LogP contribution < -0.4 is 10.6 Å². The number of amides is 1. The van der Waals surface area contributed by atoms with Gasteiger partial charge in [0.15, 0.2) is 10.9 Å². The number of nitrogens with one attached hydrogen (secondary N) is 2. The molecule has 4 rings (SSSR count). The minimum atomic E-state index is -0.628. The van der Waals surface area contributed by atoms with Crippen molar-refractivity contribution in [3.05, 3.63) is 69.4 Å². The second-order valence-corrected chi connectivity index (χ2v) is 7.24. The number of carbonyl (C=O) groups excluding carboxylic acids is 1. The summed E-state index contributed by atoms with van der Waals surface area (Å²) in [4.78, 5) is 23.2. The quantitative estimate of drug-likeness (QED) is 0.257. The van der Waals surface area contributed by atoms with Gasteiger partial charge in [-0.3, -0.25) is 20.2 Å². The molecule has 1 amide bonds. The Balaban J connectivity index is 1.51. The van der Waals surface area contributed by atoms with Gasteiger partial charge in [-0.05, 0) is 42.5 Å². The predicted molar refractivity (Wildman–Crippen MR) is 117 cm³/mol. The van der Waals surface area contributed by atoms with Crippen LogP contribution in [0.5, 0.6) is 0 Å². The fourth-order valence-electron chi connectivity index (χ4n) is 2.70. The van der Waals surface area contributed by atoms with Crippen molar-refractivity contribution in [1.82, 2.24) is 14.1 Å². The molecule has 0 bridgehead atoms. The summed E-state index contributed by atoms with van der Waals surface area (Å²) in [5.74, 6) is -0.503. The molecule has 30 heavy (non-hydrogen) atoms. The van der Waals surface area contributed by atoms with Crippen molar-refractivity contribution < 1.29 is 14.1 Å². The summed E-state index contributed by atoms with van der Waals surface area (Å²) in [6.07, 6.45) is 0. The zero-order chi connectivity index (χ0) is 21.3. The van der Waals surface area contributed by atoms with Gasteiger partial charge in [0.05, 0.1) is 32.9 Å². The number of nitro groups is 1. The van der Waals surface area contributed by atoms with E-state index in [0.29, 0.717) is 21.7 Å². The van der Waals surface area contributed by atoms with E-state index in [0.717, 1.165) is 11.7 Å². The van der Waals surface area contributed by atoms with Crippen LogP contribution in [0.15, 0.2) is 52.9 Å². The van der Waals surface area contributed by atoms with Crippen LogP contribution in [-0.4, -0.2) is 24.7 Å². The van der Waals surface area contributed by atoms with Gasteiger partial charge in [-0.25, -0.2) is 0 Å². The number of hydrogen-bond donors (Lipinski definition) is 2. The second-order valence-electron chi connectivity index (χ2n) is 5.90. The molecule has 4 aromatic rings. The van der Waals surface area contributed by atoms with Gasteiger partial charge in [0.1, 0.15) is 16.8 Å². The van der Waals surface area contributed by atoms with Crippen LogP contribution in [0, 0.1) is 10.1 Å². The van der Waals surface area contributed by atoms with Gasteiger partial charge in [0.2, 0.25) is 0 Å². The number of carbonyl (C=O) groups is 1. The lowest BCUT2D eigenvalue weighted by atomic mass is 10.1. The molecule has 0 radical (unpaired) electrons. The van der Waals surface area contributed by atoms with Crippen molar-refractivity contribution in [2.75, 3.05) is 5.32 Å². The Morgan fingerprint density at radius 3 is 2.77 bits per heavy atom. The number of benzene rings is 2. The Bertz CT molecular complexity index is 1300. The fraction of sp³-hybridized carbons (Fsp3) is 0. The average Bonchev–Trinajstić information content (AvgIpc) is 3.39. The van der Waals surface area contributed by atoms with Gasteiger partial charge in [-0.15, -0.1) is 0 Å². The van der Waals surface area contributed by atoms with Crippen LogP contribution in [0.4, 0.5) is 11.4 Å². The monoisotopic (exact) mass is 459 g/mol. The van der Waals surface area contributed by atoms with Crippen LogP contribution in [0.1, 0.15) is 10.6 Å². The van der Waals surface area contributed by atoms with Crippen molar-refractivity contribution in [3.8, 4) is 11.3 Å². The third-order valence-electron chi connectivity index (χ3n) is 4.04. The normalized spacial score (nSPS) is 10.7. The van der Waals surface area contributed by atoms with Crippen LogP contribution in [0.25, 0.3) is 22.4 Å². The van der Waals surface area contributed by atoms with Crippen molar-refractivity contribution >= 4 is 69.0 Å². The summed E-state index contributed by atoms with van der Waals surface area (Å²) in [6.45, 7) is 0. The Hall–Kier alpha value is -3.41. The summed E-state index contributed by atoms with van der Waals surface area (Å²) < 4.78 is 13.8. The van der Waals surface area contributed by atoms with Crippen molar-refractivity contribution in [2.45, 2.75) is 0 Å². The number of fused-ring (bicyclic) bond motifs is 1. The smallest absolute Gasteiger partial charge is 0.293 e. The first-order valence-electron chi connectivity index (χ1n) is 8.31. The Kier molecular flexibility index (Phi) is 5.40. The van der Waals surface area contributed by atoms with E-state index in [9.17, 15) is 14.9 Å². The number of thiocarbonyl (C=S) groups is 1. The maximum Gasteiger partial charge on any atom is 0.293 e. The highest BCUT2D eigenvalue weighted by molar-refractivity contribution is 7.80. The largest absolute Gasteiger partial charge is 0.451 e. The number of aromatic nitrogens is 2. The molecule has 9 nitrogen and oxygen atoms in total. The molecule has 2 aromatic carbocycles. The van der Waals surface area contributed by atoms with E-state index in [-0.39, 0.29) is 27.9 Å². The number of rotatable bonds is 4. The number of nitrogens with zero attached hydrogens (tertiary/aromatic N) is 3. The third-order valence-corrected chi connectivity index (χ3v) is 5.10. The van der Waals surface area contributed by atoms with E-state index in [4.69, 9.17) is 28.2 Å². The highest BCUT2D eigenvalue weighted by Crippen LogP contribution is 2.31. The molecule has 12 heteroatoms. The predicted octanol–water partition coefficient (Wildman–Crippen LogP) is 4.64. The fourth-order valence-corrected chi connectivity index (χ4v) is 3.64. The topological polar surface area (TPSA) is 123 Å². The molecule has 0 fully saturated rings. The van der Waals surface area contributed by atoms with Crippen LogP contribution in [-0.2, 0) is 0 Å². The van der Waals surface area contributed by atoms with E-state index >= 15 is 0 Å². The van der Waals surface area contributed by atoms with Gasteiger partial charge in [-0.2, -0.15) is 8.75 Å². The molecule has 0 saturated heterocycles. The molecular formula is C18H10ClN5O4S2. The molecule has 0 spiro atoms. The molecule has 0 saturated carbocycles. The summed E-state index contributed by atoms with van der Waals surface area (Å²) in [6, 6.07) is 12.3. The Labute approximate surface area is 183 Å². The molecule has 0 unspecified atom stereocenters. The summed E-state index contributed by atoms with van der Waals surface area (Å²) in [7, 11) is 0. The molecule has 2 aromatic heterocycles. The lowest BCUT2D eigenvalue weighted by Gasteiger charge is -2.10. The highest BCUT2D eigenvalue weighted by atomic mass is 35.5. The van der Waals surface area contributed by atoms with Gasteiger partial charge in [0.25, 0.3) is 11.6 Å². The Morgan fingerprint density at radius 1 is 1.17 bits per heavy atom. The van der Waals surface area contributed by atoms with Gasteiger partial charge in [-0.1, -0.05) is 23.7 Å². The third kappa shape index (κ3) is 3.85. The number of furan rings is 1. The maximum atomic E-state index is 12.5. The molecule has 2 N–H and O–H groups in total. The molecule has 0 aliphatic carbocycles. The van der Waals surface area contributed by atoms with Crippen LogP contribution in [0.2, 0.25) is 5.02 Å². The first-order chi connectivity index (χ1) is 14.4. The maximum absolute atomic E-state index is 12.5. The van der Waals surface area contributed by atoms with E-state index in [1.165, 1.54) is 24.3 Å². The molecule has 0 aliphatic rings. The molecule has 150 valence electrons. The average molecular weight is 460 g/mol. The van der Waals surface area contributed by atoms with E-state index in [1.807, 2.05) is 0 Å². The number of para-hydroxylation sites is 1. The van der Waals surface area contributed by atoms with Gasteiger partial charge < -0.3 is 9.73 Å². The molecule has 0 atom stereocenters. The van der Waals surface area contributed by atoms with Crippen molar-refractivity contribution in [1.29, 1.82) is 0 Å². The van der Waals surface area contributed by atoms with Gasteiger partial charge >= 0.3 is 0 Å². The zero-order valence-corrected chi connectivity index (χ0v) is 17.2. The Morgan fingerprint density at radius 2 is 1.97 bits per heavy atom. The number of halogens is 1. The highest BCUT2D eigenvalue weighted by Gasteiger charge is 2.20. The summed E-state index contributed by atoms with van der Waals surface area (Å²) in [5, 5.41) is 16.9. The number of nitro benzene ring substituents is 1. The van der Waals surface area contributed by atoms with E-state index < -0.39 is 10.8 Å².